The van der Waals surface area contributed by atoms with E-state index in [2.05, 4.69) is 5.32 Å². The van der Waals surface area contributed by atoms with Crippen LogP contribution in [0.2, 0.25) is 0 Å². The van der Waals surface area contributed by atoms with Crippen molar-refractivity contribution in [3.8, 4) is 0 Å². The Morgan fingerprint density at radius 3 is 2.82 bits per heavy atom. The lowest BCUT2D eigenvalue weighted by atomic mass is 10.2. The average molecular weight is 242 g/mol. The van der Waals surface area contributed by atoms with Gasteiger partial charge >= 0.3 is 6.03 Å². The molecule has 2 fully saturated rings. The van der Waals surface area contributed by atoms with Crippen molar-refractivity contribution in [1.29, 1.82) is 0 Å². The monoisotopic (exact) mass is 242 g/mol. The predicted molar refractivity (Wildman–Crippen MR) is 55.5 cm³/mol. The zero-order chi connectivity index (χ0) is 12.6. The summed E-state index contributed by atoms with van der Waals surface area (Å²) in [6.45, 7) is 1.31. The predicted octanol–water partition coefficient (Wildman–Crippen LogP) is -1.09. The van der Waals surface area contributed by atoms with Crippen molar-refractivity contribution in [3.05, 3.63) is 11.8 Å². The van der Waals surface area contributed by atoms with Gasteiger partial charge in [0.15, 0.2) is 0 Å². The molecule has 17 heavy (non-hydrogen) atoms. The lowest BCUT2D eigenvalue weighted by Crippen LogP contribution is -2.37. The molecule has 3 amide bonds. The standard InChI is InChI=1S/C10H14N2O5/c1-2-5-9(15)11-10(16)12(5)8-3-6(14)7(4-13)17-8/h2,6-8,13-14H,3-4H2,1H3,(H,11,15,16)/b5-2+/t6-,7+,8+/m0/s1. The number of nitrogens with one attached hydrogen (secondary N) is 1. The van der Waals surface area contributed by atoms with E-state index in [0.29, 0.717) is 0 Å². The second kappa shape index (κ2) is 4.44. The highest BCUT2D eigenvalue weighted by Gasteiger charge is 2.44. The smallest absolute Gasteiger partial charge is 0.331 e. The molecule has 0 radical (unpaired) electrons. The molecule has 7 nitrogen and oxygen atoms in total. The lowest BCUT2D eigenvalue weighted by Gasteiger charge is -2.22. The Hall–Kier alpha value is -1.44. The number of imide groups is 1. The Morgan fingerprint density at radius 1 is 1.59 bits per heavy atom. The maximum absolute atomic E-state index is 11.6. The Kier molecular flexibility index (Phi) is 3.14. The van der Waals surface area contributed by atoms with Crippen molar-refractivity contribution in [2.24, 2.45) is 0 Å². The molecule has 0 unspecified atom stereocenters. The van der Waals surface area contributed by atoms with Gasteiger partial charge in [-0.25, -0.2) is 4.79 Å². The number of rotatable bonds is 2. The third kappa shape index (κ3) is 1.92. The Bertz CT molecular complexity index is 381. The molecule has 94 valence electrons. The van der Waals surface area contributed by atoms with Crippen LogP contribution in [0.1, 0.15) is 13.3 Å². The van der Waals surface area contributed by atoms with E-state index < -0.39 is 30.4 Å². The molecule has 0 aromatic heterocycles. The first-order valence-corrected chi connectivity index (χ1v) is 5.33. The number of aliphatic hydroxyl groups is 2. The van der Waals surface area contributed by atoms with Crippen molar-refractivity contribution in [2.75, 3.05) is 6.61 Å². The van der Waals surface area contributed by atoms with Gasteiger partial charge in [-0.3, -0.25) is 15.0 Å². The number of allylic oxidation sites excluding steroid dienone is 1. The molecule has 2 rings (SSSR count). The molecule has 0 aliphatic carbocycles. The minimum Gasteiger partial charge on any atom is -0.394 e. The zero-order valence-corrected chi connectivity index (χ0v) is 9.29. The summed E-state index contributed by atoms with van der Waals surface area (Å²) in [5.74, 6) is -0.483. The van der Waals surface area contributed by atoms with E-state index in [9.17, 15) is 14.7 Å². The van der Waals surface area contributed by atoms with Gasteiger partial charge in [-0.15, -0.1) is 0 Å². The summed E-state index contributed by atoms with van der Waals surface area (Å²) < 4.78 is 5.33. The maximum atomic E-state index is 11.6. The zero-order valence-electron chi connectivity index (χ0n) is 9.29. The van der Waals surface area contributed by atoms with Crippen LogP contribution in [0, 0.1) is 0 Å². The summed E-state index contributed by atoms with van der Waals surface area (Å²) in [7, 11) is 0. The van der Waals surface area contributed by atoms with E-state index in [0.717, 1.165) is 0 Å². The van der Waals surface area contributed by atoms with Crippen LogP contribution in [0.15, 0.2) is 11.8 Å². The normalized spacial score (nSPS) is 35.8. The van der Waals surface area contributed by atoms with Crippen LogP contribution in [-0.4, -0.2) is 52.1 Å². The Labute approximate surface area is 97.7 Å². The average Bonchev–Trinajstić information content (AvgIpc) is 2.78. The fourth-order valence-corrected chi connectivity index (χ4v) is 2.03. The second-order valence-corrected chi connectivity index (χ2v) is 3.92. The molecule has 0 aromatic rings. The number of nitrogens with zero attached hydrogens (tertiary/aromatic N) is 1. The highest BCUT2D eigenvalue weighted by molar-refractivity contribution is 6.11. The van der Waals surface area contributed by atoms with Crippen molar-refractivity contribution in [1.82, 2.24) is 10.2 Å². The Balaban J connectivity index is 2.18. The number of carbonyl (C=O) groups is 2. The number of amides is 3. The minimum atomic E-state index is -0.841. The van der Waals surface area contributed by atoms with Gasteiger partial charge in [-0.1, -0.05) is 6.08 Å². The van der Waals surface area contributed by atoms with Crippen LogP contribution >= 0.6 is 0 Å². The number of aliphatic hydroxyl groups excluding tert-OH is 2. The van der Waals surface area contributed by atoms with E-state index in [1.165, 1.54) is 11.0 Å². The SMILES string of the molecule is C/C=C1\C(=O)NC(=O)N1[C@H]1C[C@H](O)[C@@H](CO)O1. The van der Waals surface area contributed by atoms with Crippen LogP contribution < -0.4 is 5.32 Å². The molecule has 2 saturated heterocycles. The van der Waals surface area contributed by atoms with E-state index >= 15 is 0 Å². The minimum absolute atomic E-state index is 0.170. The maximum Gasteiger partial charge on any atom is 0.331 e. The van der Waals surface area contributed by atoms with Crippen LogP contribution in [0.25, 0.3) is 0 Å². The van der Waals surface area contributed by atoms with Gasteiger partial charge in [0.25, 0.3) is 5.91 Å². The van der Waals surface area contributed by atoms with Gasteiger partial charge in [0.1, 0.15) is 18.0 Å². The van der Waals surface area contributed by atoms with Gasteiger partial charge < -0.3 is 14.9 Å². The molecular formula is C10H14N2O5. The van der Waals surface area contributed by atoms with Crippen LogP contribution in [-0.2, 0) is 9.53 Å². The molecule has 2 aliphatic heterocycles. The van der Waals surface area contributed by atoms with Crippen molar-refractivity contribution in [3.63, 3.8) is 0 Å². The topological polar surface area (TPSA) is 99.1 Å². The highest BCUT2D eigenvalue weighted by atomic mass is 16.5. The second-order valence-electron chi connectivity index (χ2n) is 3.92. The van der Waals surface area contributed by atoms with Gasteiger partial charge in [0.2, 0.25) is 0 Å². The highest BCUT2D eigenvalue weighted by Crippen LogP contribution is 2.28. The molecule has 0 saturated carbocycles. The van der Waals surface area contributed by atoms with E-state index in [-0.39, 0.29) is 18.7 Å². The van der Waals surface area contributed by atoms with Gasteiger partial charge in [-0.05, 0) is 6.92 Å². The molecule has 0 spiro atoms. The Morgan fingerprint density at radius 2 is 2.29 bits per heavy atom. The third-order valence-corrected chi connectivity index (χ3v) is 2.88. The van der Waals surface area contributed by atoms with Gasteiger partial charge in [0, 0.05) is 6.42 Å². The molecule has 0 aromatic carbocycles. The summed E-state index contributed by atoms with van der Waals surface area (Å²) in [6.07, 6.45) is -0.612. The summed E-state index contributed by atoms with van der Waals surface area (Å²) in [5.41, 5.74) is 0.200. The third-order valence-electron chi connectivity index (χ3n) is 2.88. The first kappa shape index (κ1) is 12.0. The van der Waals surface area contributed by atoms with Crippen LogP contribution in [0.4, 0.5) is 4.79 Å². The number of hydrogen-bond donors (Lipinski definition) is 3. The number of ether oxygens (including phenoxy) is 1. The number of carbonyl (C=O) groups excluding carboxylic acids is 2. The number of urea groups is 1. The van der Waals surface area contributed by atoms with Gasteiger partial charge in [-0.2, -0.15) is 0 Å². The quantitative estimate of drug-likeness (QED) is 0.422. The summed E-state index contributed by atoms with van der Waals surface area (Å²) in [6, 6.07) is -0.570. The molecule has 0 bridgehead atoms. The molecular weight excluding hydrogens is 228 g/mol. The first-order valence-electron chi connectivity index (χ1n) is 5.33. The molecule has 2 aliphatic rings. The number of hydrogen-bond acceptors (Lipinski definition) is 5. The van der Waals surface area contributed by atoms with E-state index in [1.54, 1.807) is 6.92 Å². The van der Waals surface area contributed by atoms with E-state index in [1.807, 2.05) is 0 Å². The van der Waals surface area contributed by atoms with E-state index in [4.69, 9.17) is 9.84 Å². The van der Waals surface area contributed by atoms with Gasteiger partial charge in [0.05, 0.1) is 12.7 Å². The molecule has 3 N–H and O–H groups in total. The summed E-state index contributed by atoms with van der Waals surface area (Å²) >= 11 is 0. The van der Waals surface area contributed by atoms with Crippen molar-refractivity contribution in [2.45, 2.75) is 31.8 Å². The molecule has 7 heteroatoms. The molecule has 3 atom stereocenters. The first-order chi connectivity index (χ1) is 8.08. The fraction of sp³-hybridized carbons (Fsp3) is 0.600. The summed E-state index contributed by atoms with van der Waals surface area (Å²) in [5, 5.41) is 20.7. The summed E-state index contributed by atoms with van der Waals surface area (Å²) in [4.78, 5) is 24.1. The largest absolute Gasteiger partial charge is 0.394 e. The van der Waals surface area contributed by atoms with Crippen molar-refractivity contribution < 1.29 is 24.5 Å². The lowest BCUT2D eigenvalue weighted by molar-refractivity contribution is -0.116. The van der Waals surface area contributed by atoms with Crippen LogP contribution in [0.3, 0.4) is 0 Å². The molecule has 2 heterocycles. The van der Waals surface area contributed by atoms with Crippen molar-refractivity contribution >= 4 is 11.9 Å². The van der Waals surface area contributed by atoms with Crippen LogP contribution in [0.5, 0.6) is 0 Å². The fourth-order valence-electron chi connectivity index (χ4n) is 2.03.